The van der Waals surface area contributed by atoms with E-state index in [1.54, 1.807) is 18.2 Å². The first kappa shape index (κ1) is 21.1. The fourth-order valence-electron chi connectivity index (χ4n) is 3.16. The number of hydrogen-bond acceptors (Lipinski definition) is 5. The lowest BCUT2D eigenvalue weighted by Crippen LogP contribution is -2.36. The molecule has 0 unspecified atom stereocenters. The lowest BCUT2D eigenvalue weighted by molar-refractivity contribution is -0.123. The molecule has 1 atom stereocenters. The number of anilines is 2. The monoisotopic (exact) mass is 458 g/mol. The van der Waals surface area contributed by atoms with Crippen LogP contribution in [0.2, 0.25) is 5.02 Å². The molecule has 1 aromatic heterocycles. The topological polar surface area (TPSA) is 104 Å². The second-order valence-corrected chi connectivity index (χ2v) is 8.22. The molecule has 3 aromatic rings. The number of rotatable bonds is 5. The molecule has 7 nitrogen and oxygen atoms in total. The molecule has 0 spiro atoms. The summed E-state index contributed by atoms with van der Waals surface area (Å²) in [4.78, 5) is 44.6. The highest BCUT2D eigenvalue weighted by molar-refractivity contribution is 7.98. The van der Waals surface area contributed by atoms with Gasteiger partial charge in [-0.25, -0.2) is 9.37 Å². The molecule has 2 amide bonds. The summed E-state index contributed by atoms with van der Waals surface area (Å²) >= 11 is 7.15. The molecule has 0 bridgehead atoms. The number of thioether (sulfide) groups is 1. The van der Waals surface area contributed by atoms with Crippen LogP contribution in [0.3, 0.4) is 0 Å². The predicted molar refractivity (Wildman–Crippen MR) is 117 cm³/mol. The summed E-state index contributed by atoms with van der Waals surface area (Å²) in [6.45, 7) is 0. The summed E-state index contributed by atoms with van der Waals surface area (Å²) in [6.07, 6.45) is -0.241. The SMILES string of the molecule is O=C1C[C@H](C(=O)Nc2ccccc2F)c2c(nc(SCc3ccc(Cl)cc3)[nH]c2=O)N1. The number of hydrogen-bond donors (Lipinski definition) is 3. The van der Waals surface area contributed by atoms with Gasteiger partial charge < -0.3 is 15.6 Å². The average molecular weight is 459 g/mol. The minimum Gasteiger partial charge on any atom is -0.323 e. The summed E-state index contributed by atoms with van der Waals surface area (Å²) in [5.74, 6) is -2.26. The van der Waals surface area contributed by atoms with Crippen molar-refractivity contribution in [2.75, 3.05) is 10.6 Å². The van der Waals surface area contributed by atoms with Crippen molar-refractivity contribution in [3.63, 3.8) is 0 Å². The van der Waals surface area contributed by atoms with Crippen LogP contribution >= 0.6 is 23.4 Å². The predicted octanol–water partition coefficient (Wildman–Crippen LogP) is 3.92. The minimum absolute atomic E-state index is 0.0282. The van der Waals surface area contributed by atoms with E-state index >= 15 is 0 Å². The number of nitrogens with one attached hydrogen (secondary N) is 3. The fraction of sp³-hybridized carbons (Fsp3) is 0.143. The number of benzene rings is 2. The maximum absolute atomic E-state index is 13.9. The van der Waals surface area contributed by atoms with E-state index in [0.717, 1.165) is 5.56 Å². The number of fused-ring (bicyclic) bond motifs is 1. The van der Waals surface area contributed by atoms with Crippen molar-refractivity contribution in [2.24, 2.45) is 0 Å². The Morgan fingerprint density at radius 3 is 2.68 bits per heavy atom. The van der Waals surface area contributed by atoms with E-state index in [1.165, 1.54) is 30.0 Å². The maximum atomic E-state index is 13.9. The van der Waals surface area contributed by atoms with Crippen LogP contribution in [-0.4, -0.2) is 21.8 Å². The van der Waals surface area contributed by atoms with Crippen molar-refractivity contribution in [1.29, 1.82) is 0 Å². The van der Waals surface area contributed by atoms with Gasteiger partial charge in [0.2, 0.25) is 11.8 Å². The van der Waals surface area contributed by atoms with E-state index in [2.05, 4.69) is 20.6 Å². The van der Waals surface area contributed by atoms with Gasteiger partial charge in [-0.05, 0) is 29.8 Å². The van der Waals surface area contributed by atoms with Gasteiger partial charge in [0.25, 0.3) is 5.56 Å². The molecule has 0 radical (unpaired) electrons. The second kappa shape index (κ2) is 8.91. The Morgan fingerprint density at radius 1 is 1.19 bits per heavy atom. The van der Waals surface area contributed by atoms with E-state index in [1.807, 2.05) is 12.1 Å². The molecular formula is C21H16ClFN4O3S. The fourth-order valence-corrected chi connectivity index (χ4v) is 4.10. The zero-order valence-electron chi connectivity index (χ0n) is 15.9. The molecule has 10 heteroatoms. The number of aromatic amines is 1. The van der Waals surface area contributed by atoms with Gasteiger partial charge in [-0.15, -0.1) is 0 Å². The van der Waals surface area contributed by atoms with Gasteiger partial charge in [0.05, 0.1) is 17.2 Å². The van der Waals surface area contributed by atoms with Gasteiger partial charge in [0.1, 0.15) is 11.6 Å². The number of halogens is 2. The zero-order chi connectivity index (χ0) is 22.0. The molecule has 31 heavy (non-hydrogen) atoms. The smallest absolute Gasteiger partial charge is 0.257 e. The van der Waals surface area contributed by atoms with Crippen LogP contribution in [0.5, 0.6) is 0 Å². The normalized spacial score (nSPS) is 15.2. The van der Waals surface area contributed by atoms with Crippen LogP contribution in [0.15, 0.2) is 58.5 Å². The molecular weight excluding hydrogens is 443 g/mol. The maximum Gasteiger partial charge on any atom is 0.257 e. The van der Waals surface area contributed by atoms with Crippen LogP contribution in [0.1, 0.15) is 23.5 Å². The summed E-state index contributed by atoms with van der Waals surface area (Å²) in [7, 11) is 0. The third kappa shape index (κ3) is 4.78. The number of H-pyrrole nitrogens is 1. The van der Waals surface area contributed by atoms with E-state index < -0.39 is 29.1 Å². The van der Waals surface area contributed by atoms with Crippen molar-refractivity contribution < 1.29 is 14.0 Å². The molecule has 1 aliphatic rings. The third-order valence-electron chi connectivity index (χ3n) is 4.67. The summed E-state index contributed by atoms with van der Waals surface area (Å²) in [5.41, 5.74) is 0.460. The Morgan fingerprint density at radius 2 is 1.94 bits per heavy atom. The first-order valence-electron chi connectivity index (χ1n) is 9.27. The van der Waals surface area contributed by atoms with E-state index in [4.69, 9.17) is 11.6 Å². The highest BCUT2D eigenvalue weighted by Gasteiger charge is 2.35. The number of aromatic nitrogens is 2. The summed E-state index contributed by atoms with van der Waals surface area (Å²) in [5, 5.41) is 5.92. The van der Waals surface area contributed by atoms with Crippen molar-refractivity contribution in [2.45, 2.75) is 23.2 Å². The van der Waals surface area contributed by atoms with Crippen LogP contribution in [0, 0.1) is 5.82 Å². The van der Waals surface area contributed by atoms with Crippen LogP contribution in [-0.2, 0) is 15.3 Å². The highest BCUT2D eigenvalue weighted by atomic mass is 35.5. The Kier molecular flexibility index (Phi) is 6.06. The highest BCUT2D eigenvalue weighted by Crippen LogP contribution is 2.31. The number of amides is 2. The zero-order valence-corrected chi connectivity index (χ0v) is 17.5. The molecule has 3 N–H and O–H groups in total. The van der Waals surface area contributed by atoms with Gasteiger partial charge >= 0.3 is 0 Å². The summed E-state index contributed by atoms with van der Waals surface area (Å²) in [6, 6.07) is 12.9. The molecule has 1 aliphatic heterocycles. The lowest BCUT2D eigenvalue weighted by atomic mass is 9.92. The first-order valence-corrected chi connectivity index (χ1v) is 10.6. The number of carbonyl (C=O) groups excluding carboxylic acids is 2. The van der Waals surface area contributed by atoms with Crippen molar-refractivity contribution in [3.05, 3.63) is 80.9 Å². The Labute approximate surface area is 185 Å². The quantitative estimate of drug-likeness (QED) is 0.397. The third-order valence-corrected chi connectivity index (χ3v) is 5.86. The Hall–Kier alpha value is -3.17. The largest absolute Gasteiger partial charge is 0.323 e. The number of para-hydroxylation sites is 1. The standard InChI is InChI=1S/C21H16ClFN4O3S/c22-12-7-5-11(6-8-12)10-31-21-26-18-17(20(30)27-21)13(9-16(28)25-18)19(29)24-15-4-2-1-3-14(15)23/h1-8,13H,9-10H2,(H,24,29)(H2,25,26,27,28,30)/t13-/m0/s1. The van der Waals surface area contributed by atoms with Gasteiger partial charge in [-0.2, -0.15) is 0 Å². The first-order chi connectivity index (χ1) is 14.9. The van der Waals surface area contributed by atoms with Crippen molar-refractivity contribution in [3.8, 4) is 0 Å². The van der Waals surface area contributed by atoms with Crippen LogP contribution < -0.4 is 16.2 Å². The molecule has 0 aliphatic carbocycles. The molecule has 0 saturated heterocycles. The molecule has 158 valence electrons. The van der Waals surface area contributed by atoms with Gasteiger partial charge in [0.15, 0.2) is 5.16 Å². The second-order valence-electron chi connectivity index (χ2n) is 6.82. The average Bonchev–Trinajstić information content (AvgIpc) is 2.74. The Bertz CT molecular complexity index is 1220. The molecule has 0 fully saturated rings. The van der Waals surface area contributed by atoms with Crippen molar-refractivity contribution in [1.82, 2.24) is 9.97 Å². The molecule has 4 rings (SSSR count). The van der Waals surface area contributed by atoms with Crippen LogP contribution in [0.4, 0.5) is 15.9 Å². The van der Waals surface area contributed by atoms with E-state index in [0.29, 0.717) is 15.9 Å². The van der Waals surface area contributed by atoms with E-state index in [9.17, 15) is 18.8 Å². The molecule has 2 heterocycles. The number of carbonyl (C=O) groups is 2. The van der Waals surface area contributed by atoms with E-state index in [-0.39, 0.29) is 23.5 Å². The molecule has 2 aromatic carbocycles. The van der Waals surface area contributed by atoms with Crippen molar-refractivity contribution >= 4 is 46.7 Å². The minimum atomic E-state index is -1.09. The molecule has 0 saturated carbocycles. The van der Waals surface area contributed by atoms with Gasteiger partial charge in [0, 0.05) is 17.2 Å². The summed E-state index contributed by atoms with van der Waals surface area (Å²) < 4.78 is 13.9. The lowest BCUT2D eigenvalue weighted by Gasteiger charge is -2.23. The Balaban J connectivity index is 1.58. The number of nitrogens with zero attached hydrogens (tertiary/aromatic N) is 1. The van der Waals surface area contributed by atoms with Crippen LogP contribution in [0.25, 0.3) is 0 Å². The van der Waals surface area contributed by atoms with Gasteiger partial charge in [-0.3, -0.25) is 14.4 Å². The van der Waals surface area contributed by atoms with Gasteiger partial charge in [-0.1, -0.05) is 47.6 Å².